The Bertz CT molecular complexity index is 1360. The van der Waals surface area contributed by atoms with Crippen molar-refractivity contribution in [3.63, 3.8) is 0 Å². The third-order valence-corrected chi connectivity index (χ3v) is 5.33. The molecule has 0 saturated heterocycles. The molecule has 3 aromatic rings. The lowest BCUT2D eigenvalue weighted by Gasteiger charge is -2.11. The molecule has 0 radical (unpaired) electrons. The van der Waals surface area contributed by atoms with E-state index in [1.807, 2.05) is 32.0 Å². The van der Waals surface area contributed by atoms with Crippen molar-refractivity contribution in [2.45, 2.75) is 13.8 Å². The Labute approximate surface area is 225 Å². The summed E-state index contributed by atoms with van der Waals surface area (Å²) in [5, 5.41) is 9.29. The normalized spacial score (nSPS) is 10.5. The Morgan fingerprint density at radius 2 is 1.71 bits per heavy atom. The minimum absolute atomic E-state index is 0.226. The number of anilines is 2. The van der Waals surface area contributed by atoms with Crippen LogP contribution in [-0.2, 0) is 14.4 Å². The van der Waals surface area contributed by atoms with Gasteiger partial charge in [0.25, 0.3) is 5.91 Å². The van der Waals surface area contributed by atoms with Crippen LogP contribution in [0.1, 0.15) is 16.7 Å². The Morgan fingerprint density at radius 3 is 2.39 bits per heavy atom. The number of amides is 3. The van der Waals surface area contributed by atoms with Crippen molar-refractivity contribution < 1.29 is 23.9 Å². The van der Waals surface area contributed by atoms with E-state index in [1.54, 1.807) is 48.5 Å². The predicted octanol–water partition coefficient (Wildman–Crippen LogP) is 4.63. The number of carbonyl (C=O) groups is 3. The molecule has 0 fully saturated rings. The van der Waals surface area contributed by atoms with E-state index in [0.717, 1.165) is 11.1 Å². The average molecular weight is 535 g/mol. The number of halogens is 1. The van der Waals surface area contributed by atoms with Crippen molar-refractivity contribution in [1.82, 2.24) is 5.43 Å². The zero-order valence-corrected chi connectivity index (χ0v) is 21.7. The summed E-state index contributed by atoms with van der Waals surface area (Å²) in [6.07, 6.45) is 2.94. The molecule has 10 heteroatoms. The zero-order valence-electron chi connectivity index (χ0n) is 20.9. The van der Waals surface area contributed by atoms with E-state index < -0.39 is 11.8 Å². The number of hydrazone groups is 1. The van der Waals surface area contributed by atoms with Gasteiger partial charge >= 0.3 is 11.8 Å². The van der Waals surface area contributed by atoms with Crippen LogP contribution < -0.4 is 25.5 Å². The van der Waals surface area contributed by atoms with Gasteiger partial charge in [0.2, 0.25) is 0 Å². The highest BCUT2D eigenvalue weighted by atomic mass is 35.5. The first kappa shape index (κ1) is 27.9. The van der Waals surface area contributed by atoms with Crippen molar-refractivity contribution in [1.29, 1.82) is 0 Å². The molecular weight excluding hydrogens is 508 g/mol. The van der Waals surface area contributed by atoms with Crippen LogP contribution in [0.3, 0.4) is 0 Å². The van der Waals surface area contributed by atoms with Crippen molar-refractivity contribution in [2.24, 2.45) is 5.10 Å². The molecule has 0 unspecified atom stereocenters. The molecule has 0 heterocycles. The summed E-state index contributed by atoms with van der Waals surface area (Å²) in [5.41, 5.74) is 5.88. The van der Waals surface area contributed by atoms with Gasteiger partial charge in [0.1, 0.15) is 18.1 Å². The van der Waals surface area contributed by atoms with Crippen LogP contribution >= 0.6 is 11.6 Å². The monoisotopic (exact) mass is 534 g/mol. The summed E-state index contributed by atoms with van der Waals surface area (Å²) in [6.45, 7) is 7.59. The summed E-state index contributed by atoms with van der Waals surface area (Å²) in [7, 11) is 0. The van der Waals surface area contributed by atoms with Gasteiger partial charge in [-0.25, -0.2) is 5.43 Å². The summed E-state index contributed by atoms with van der Waals surface area (Å²) in [5.74, 6) is -1.25. The molecule has 0 aliphatic heterocycles. The number of nitrogens with zero attached hydrogens (tertiary/aromatic N) is 1. The smallest absolute Gasteiger partial charge is 0.329 e. The lowest BCUT2D eigenvalue weighted by atomic mass is 10.1. The molecule has 38 heavy (non-hydrogen) atoms. The number of ether oxygens (including phenoxy) is 2. The average Bonchev–Trinajstić information content (AvgIpc) is 2.89. The van der Waals surface area contributed by atoms with Gasteiger partial charge in [0.15, 0.2) is 6.61 Å². The largest absolute Gasteiger partial charge is 0.490 e. The first-order chi connectivity index (χ1) is 18.2. The number of hydrogen-bond donors (Lipinski definition) is 3. The first-order valence-electron chi connectivity index (χ1n) is 11.5. The number of benzene rings is 3. The SMILES string of the molecule is C=CCOc1ccc(NC(=O)C(=O)N/N=C\c2ccc(OCC(=O)Nc3ccc(C)cc3C)c(Cl)c2)cc1. The van der Waals surface area contributed by atoms with Crippen LogP contribution in [0.5, 0.6) is 11.5 Å². The molecule has 196 valence electrons. The van der Waals surface area contributed by atoms with Crippen LogP contribution in [-0.4, -0.2) is 37.1 Å². The second kappa shape index (κ2) is 13.6. The summed E-state index contributed by atoms with van der Waals surface area (Å²) in [6, 6.07) is 17.0. The van der Waals surface area contributed by atoms with Crippen LogP contribution in [0.15, 0.2) is 78.4 Å². The maximum atomic E-state index is 12.2. The fourth-order valence-corrected chi connectivity index (χ4v) is 3.44. The van der Waals surface area contributed by atoms with Crippen LogP contribution in [0, 0.1) is 13.8 Å². The number of nitrogens with one attached hydrogen (secondary N) is 3. The van der Waals surface area contributed by atoms with Crippen molar-refractivity contribution in [3.8, 4) is 11.5 Å². The van der Waals surface area contributed by atoms with Gasteiger partial charge in [-0.1, -0.05) is 42.0 Å². The molecule has 3 rings (SSSR count). The van der Waals surface area contributed by atoms with E-state index in [1.165, 1.54) is 6.21 Å². The molecule has 9 nitrogen and oxygen atoms in total. The topological polar surface area (TPSA) is 118 Å². The predicted molar refractivity (Wildman–Crippen MR) is 148 cm³/mol. The second-order valence-electron chi connectivity index (χ2n) is 8.12. The molecule has 0 bridgehead atoms. The minimum Gasteiger partial charge on any atom is -0.490 e. The molecule has 3 amide bonds. The fourth-order valence-electron chi connectivity index (χ4n) is 3.19. The summed E-state index contributed by atoms with van der Waals surface area (Å²) < 4.78 is 10.9. The van der Waals surface area contributed by atoms with Gasteiger partial charge in [-0.2, -0.15) is 5.10 Å². The lowest BCUT2D eigenvalue weighted by molar-refractivity contribution is -0.136. The first-order valence-corrected chi connectivity index (χ1v) is 11.9. The summed E-state index contributed by atoms with van der Waals surface area (Å²) >= 11 is 6.25. The second-order valence-corrected chi connectivity index (χ2v) is 8.53. The highest BCUT2D eigenvalue weighted by Crippen LogP contribution is 2.25. The van der Waals surface area contributed by atoms with Crippen LogP contribution in [0.4, 0.5) is 11.4 Å². The molecular formula is C28H27ClN4O5. The third kappa shape index (κ3) is 8.49. The van der Waals surface area contributed by atoms with Crippen molar-refractivity contribution >= 4 is 46.9 Å². The number of rotatable bonds is 10. The standard InChI is InChI=1S/C28H27ClN4O5/c1-4-13-37-22-9-7-21(8-10-22)31-27(35)28(36)33-30-16-20-6-12-25(23(29)15-20)38-17-26(34)32-24-11-5-18(2)14-19(24)3/h4-12,14-16H,1,13,17H2,2-3H3,(H,31,35)(H,32,34)(H,33,36)/b30-16-. The Hall–Kier alpha value is -4.63. The molecule has 3 aromatic carbocycles. The van der Waals surface area contributed by atoms with E-state index in [9.17, 15) is 14.4 Å². The van der Waals surface area contributed by atoms with Gasteiger partial charge in [0.05, 0.1) is 11.2 Å². The zero-order chi connectivity index (χ0) is 27.5. The molecule has 3 N–H and O–H groups in total. The number of hydrogen-bond acceptors (Lipinski definition) is 6. The highest BCUT2D eigenvalue weighted by Gasteiger charge is 2.13. The van der Waals surface area contributed by atoms with E-state index in [-0.39, 0.29) is 17.5 Å². The van der Waals surface area contributed by atoms with Crippen molar-refractivity contribution in [2.75, 3.05) is 23.8 Å². The summed E-state index contributed by atoms with van der Waals surface area (Å²) in [4.78, 5) is 36.4. The Kier molecular flexibility index (Phi) is 10.0. The van der Waals surface area contributed by atoms with Gasteiger partial charge < -0.3 is 20.1 Å². The molecule has 0 saturated carbocycles. The maximum Gasteiger partial charge on any atom is 0.329 e. The van der Waals surface area contributed by atoms with Crippen LogP contribution in [0.2, 0.25) is 5.02 Å². The van der Waals surface area contributed by atoms with E-state index in [2.05, 4.69) is 27.7 Å². The van der Waals surface area contributed by atoms with E-state index in [4.69, 9.17) is 21.1 Å². The Balaban J connectivity index is 1.46. The fraction of sp³-hybridized carbons (Fsp3) is 0.143. The van der Waals surface area contributed by atoms with Gasteiger partial charge in [-0.3, -0.25) is 14.4 Å². The molecule has 0 aliphatic rings. The number of aryl methyl sites for hydroxylation is 2. The van der Waals surface area contributed by atoms with E-state index in [0.29, 0.717) is 35.0 Å². The quantitative estimate of drug-likeness (QED) is 0.152. The highest BCUT2D eigenvalue weighted by molar-refractivity contribution is 6.39. The Morgan fingerprint density at radius 1 is 0.947 bits per heavy atom. The lowest BCUT2D eigenvalue weighted by Crippen LogP contribution is -2.32. The van der Waals surface area contributed by atoms with Crippen LogP contribution in [0.25, 0.3) is 0 Å². The molecule has 0 aliphatic carbocycles. The van der Waals surface area contributed by atoms with E-state index >= 15 is 0 Å². The minimum atomic E-state index is -0.950. The molecule has 0 atom stereocenters. The van der Waals surface area contributed by atoms with Gasteiger partial charge in [0, 0.05) is 11.4 Å². The molecule has 0 spiro atoms. The molecule has 0 aromatic heterocycles. The third-order valence-electron chi connectivity index (χ3n) is 5.04. The maximum absolute atomic E-state index is 12.2. The van der Waals surface area contributed by atoms with Crippen molar-refractivity contribution in [3.05, 3.63) is 95.0 Å². The van der Waals surface area contributed by atoms with Gasteiger partial charge in [-0.05, 0) is 73.5 Å². The number of carbonyl (C=O) groups excluding carboxylic acids is 3. The van der Waals surface area contributed by atoms with Gasteiger partial charge in [-0.15, -0.1) is 0 Å².